The van der Waals surface area contributed by atoms with Crippen LogP contribution in [-0.2, 0) is 6.42 Å². The first kappa shape index (κ1) is 10.9. The molecule has 1 atom stereocenters. The normalized spacial score (nSPS) is 12.5. The topological polar surface area (TPSA) is 12.0 Å². The van der Waals surface area contributed by atoms with E-state index in [-0.39, 0.29) is 6.04 Å². The lowest BCUT2D eigenvalue weighted by molar-refractivity contribution is 0.493. The molecule has 0 saturated heterocycles. The molecule has 0 spiro atoms. The fraction of sp³-hybridized carbons (Fsp3) is 0.273. The van der Waals surface area contributed by atoms with E-state index in [0.29, 0.717) is 12.0 Å². The summed E-state index contributed by atoms with van der Waals surface area (Å²) in [5.74, 6) is -1.57. The molecule has 0 saturated carbocycles. The van der Waals surface area contributed by atoms with Crippen LogP contribution in [0.2, 0.25) is 0 Å². The molecule has 0 aliphatic carbocycles. The molecular formula is C11H13F2N. The lowest BCUT2D eigenvalue weighted by Gasteiger charge is -2.11. The third-order valence-electron chi connectivity index (χ3n) is 2.13. The van der Waals surface area contributed by atoms with Gasteiger partial charge in [-0.2, -0.15) is 0 Å². The van der Waals surface area contributed by atoms with Crippen molar-refractivity contribution in [2.24, 2.45) is 0 Å². The zero-order valence-corrected chi connectivity index (χ0v) is 8.06. The maximum atomic E-state index is 13.2. The highest BCUT2D eigenvalue weighted by Crippen LogP contribution is 2.13. The fourth-order valence-electron chi connectivity index (χ4n) is 1.25. The van der Waals surface area contributed by atoms with Crippen LogP contribution in [0.1, 0.15) is 5.56 Å². The van der Waals surface area contributed by atoms with Gasteiger partial charge in [-0.15, -0.1) is 6.58 Å². The highest BCUT2D eigenvalue weighted by atomic mass is 19.2. The number of hydrogen-bond acceptors (Lipinski definition) is 1. The Balaban J connectivity index is 2.85. The quantitative estimate of drug-likeness (QED) is 0.730. The molecule has 1 unspecified atom stereocenters. The Bertz CT molecular complexity index is 323. The Morgan fingerprint density at radius 2 is 2.21 bits per heavy atom. The summed E-state index contributed by atoms with van der Waals surface area (Å²) < 4.78 is 26.0. The fourth-order valence-corrected chi connectivity index (χ4v) is 1.25. The summed E-state index contributed by atoms with van der Waals surface area (Å²) in [7, 11) is 1.75. The Morgan fingerprint density at radius 1 is 1.50 bits per heavy atom. The van der Waals surface area contributed by atoms with Crippen LogP contribution in [0, 0.1) is 11.6 Å². The summed E-state index contributed by atoms with van der Waals surface area (Å²) >= 11 is 0. The minimum Gasteiger partial charge on any atom is -0.313 e. The van der Waals surface area contributed by atoms with Crippen molar-refractivity contribution in [2.45, 2.75) is 12.5 Å². The van der Waals surface area contributed by atoms with Crippen molar-refractivity contribution in [1.29, 1.82) is 0 Å². The molecule has 0 radical (unpaired) electrons. The van der Waals surface area contributed by atoms with E-state index in [0.717, 1.165) is 6.07 Å². The Kier molecular flexibility index (Phi) is 3.77. The van der Waals surface area contributed by atoms with Gasteiger partial charge in [0.1, 0.15) is 0 Å². The maximum Gasteiger partial charge on any atom is 0.162 e. The molecule has 14 heavy (non-hydrogen) atoms. The van der Waals surface area contributed by atoms with E-state index in [1.165, 1.54) is 6.07 Å². The van der Waals surface area contributed by atoms with Crippen LogP contribution in [0.25, 0.3) is 0 Å². The van der Waals surface area contributed by atoms with Crippen LogP contribution >= 0.6 is 0 Å². The zero-order valence-electron chi connectivity index (χ0n) is 8.06. The van der Waals surface area contributed by atoms with E-state index in [4.69, 9.17) is 0 Å². The van der Waals surface area contributed by atoms with E-state index in [9.17, 15) is 8.78 Å². The zero-order chi connectivity index (χ0) is 10.6. The van der Waals surface area contributed by atoms with Gasteiger partial charge in [-0.1, -0.05) is 18.2 Å². The largest absolute Gasteiger partial charge is 0.313 e. The van der Waals surface area contributed by atoms with Gasteiger partial charge in [0, 0.05) is 6.04 Å². The molecule has 0 amide bonds. The van der Waals surface area contributed by atoms with Gasteiger partial charge in [0.15, 0.2) is 11.6 Å². The van der Waals surface area contributed by atoms with Gasteiger partial charge >= 0.3 is 0 Å². The SMILES string of the molecule is C=CC(Cc1cccc(F)c1F)NC. The highest BCUT2D eigenvalue weighted by Gasteiger charge is 2.10. The summed E-state index contributed by atoms with van der Waals surface area (Å²) in [5, 5.41) is 2.94. The predicted molar refractivity (Wildman–Crippen MR) is 53.1 cm³/mol. The number of hydrogen-bond donors (Lipinski definition) is 1. The minimum absolute atomic E-state index is 0.0358. The van der Waals surface area contributed by atoms with Gasteiger partial charge in [-0.3, -0.25) is 0 Å². The first-order valence-electron chi connectivity index (χ1n) is 4.41. The molecule has 0 heterocycles. The molecule has 0 aromatic heterocycles. The van der Waals surface area contributed by atoms with Crippen LogP contribution in [0.15, 0.2) is 30.9 Å². The second kappa shape index (κ2) is 4.86. The van der Waals surface area contributed by atoms with Crippen molar-refractivity contribution in [2.75, 3.05) is 7.05 Å². The first-order chi connectivity index (χ1) is 6.69. The minimum atomic E-state index is -0.804. The van der Waals surface area contributed by atoms with Gasteiger partial charge in [-0.05, 0) is 25.1 Å². The van der Waals surface area contributed by atoms with Crippen LogP contribution < -0.4 is 5.32 Å². The third-order valence-corrected chi connectivity index (χ3v) is 2.13. The molecule has 1 rings (SSSR count). The van der Waals surface area contributed by atoms with Crippen LogP contribution in [-0.4, -0.2) is 13.1 Å². The molecule has 1 N–H and O–H groups in total. The lowest BCUT2D eigenvalue weighted by Crippen LogP contribution is -2.25. The van der Waals surface area contributed by atoms with Crippen molar-refractivity contribution in [3.63, 3.8) is 0 Å². The summed E-state index contributed by atoms with van der Waals surface area (Å²) in [6.07, 6.45) is 2.08. The van der Waals surface area contributed by atoms with E-state index < -0.39 is 11.6 Å². The Hall–Kier alpha value is -1.22. The van der Waals surface area contributed by atoms with Crippen molar-refractivity contribution in [3.8, 4) is 0 Å². The third kappa shape index (κ3) is 2.39. The number of benzene rings is 1. The summed E-state index contributed by atoms with van der Waals surface area (Å²) in [4.78, 5) is 0. The van der Waals surface area contributed by atoms with Crippen LogP contribution in [0.5, 0.6) is 0 Å². The average molecular weight is 197 g/mol. The first-order valence-corrected chi connectivity index (χ1v) is 4.41. The molecular weight excluding hydrogens is 184 g/mol. The summed E-state index contributed by atoms with van der Waals surface area (Å²) in [6.45, 7) is 3.60. The van der Waals surface area contributed by atoms with Crippen molar-refractivity contribution < 1.29 is 8.78 Å². The molecule has 1 aromatic carbocycles. The lowest BCUT2D eigenvalue weighted by atomic mass is 10.1. The molecule has 3 heteroatoms. The van der Waals surface area contributed by atoms with Crippen molar-refractivity contribution in [1.82, 2.24) is 5.32 Å². The highest BCUT2D eigenvalue weighted by molar-refractivity contribution is 5.20. The second-order valence-electron chi connectivity index (χ2n) is 3.05. The molecule has 0 aliphatic rings. The average Bonchev–Trinajstić information content (AvgIpc) is 2.20. The molecule has 0 aliphatic heterocycles. The van der Waals surface area contributed by atoms with Crippen molar-refractivity contribution in [3.05, 3.63) is 48.1 Å². The molecule has 1 nitrogen and oxygen atoms in total. The standard InChI is InChI=1S/C11H13F2N/c1-3-9(14-2)7-8-5-4-6-10(12)11(8)13/h3-6,9,14H,1,7H2,2H3. The van der Waals surface area contributed by atoms with Gasteiger partial charge in [0.25, 0.3) is 0 Å². The van der Waals surface area contributed by atoms with Gasteiger partial charge in [0.2, 0.25) is 0 Å². The molecule has 0 fully saturated rings. The van der Waals surface area contributed by atoms with E-state index in [2.05, 4.69) is 11.9 Å². The number of halogens is 2. The number of rotatable bonds is 4. The molecule has 0 bridgehead atoms. The summed E-state index contributed by atoms with van der Waals surface area (Å²) in [6, 6.07) is 4.16. The van der Waals surface area contributed by atoms with E-state index in [1.807, 2.05) is 0 Å². The summed E-state index contributed by atoms with van der Waals surface area (Å²) in [5.41, 5.74) is 0.365. The van der Waals surface area contributed by atoms with E-state index in [1.54, 1.807) is 19.2 Å². The number of likely N-dealkylation sites (N-methyl/N-ethyl adjacent to an activating group) is 1. The van der Waals surface area contributed by atoms with Gasteiger partial charge in [0.05, 0.1) is 0 Å². The maximum absolute atomic E-state index is 13.2. The number of nitrogens with one attached hydrogen (secondary N) is 1. The Morgan fingerprint density at radius 3 is 2.79 bits per heavy atom. The van der Waals surface area contributed by atoms with E-state index >= 15 is 0 Å². The monoisotopic (exact) mass is 197 g/mol. The molecule has 1 aromatic rings. The molecule has 76 valence electrons. The predicted octanol–water partition coefficient (Wildman–Crippen LogP) is 2.28. The van der Waals surface area contributed by atoms with Crippen molar-refractivity contribution >= 4 is 0 Å². The van der Waals surface area contributed by atoms with Gasteiger partial charge < -0.3 is 5.32 Å². The Labute approximate surface area is 82.4 Å². The van der Waals surface area contributed by atoms with Crippen LogP contribution in [0.4, 0.5) is 8.78 Å². The van der Waals surface area contributed by atoms with Crippen LogP contribution in [0.3, 0.4) is 0 Å². The second-order valence-corrected chi connectivity index (χ2v) is 3.05. The smallest absolute Gasteiger partial charge is 0.162 e. The van der Waals surface area contributed by atoms with Gasteiger partial charge in [-0.25, -0.2) is 8.78 Å².